The molecule has 2 amide bonds. The van der Waals surface area contributed by atoms with Crippen LogP contribution in [0.1, 0.15) is 38.5 Å². The van der Waals surface area contributed by atoms with E-state index in [9.17, 15) is 14.0 Å². The summed E-state index contributed by atoms with van der Waals surface area (Å²) >= 11 is 0. The minimum atomic E-state index is -0.605. The van der Waals surface area contributed by atoms with Crippen LogP contribution < -0.4 is 10.2 Å². The van der Waals surface area contributed by atoms with Crippen LogP contribution >= 0.6 is 0 Å². The number of carbonyl (C=O) groups is 2. The van der Waals surface area contributed by atoms with Crippen molar-refractivity contribution in [3.8, 4) is 0 Å². The Labute approximate surface area is 129 Å². The van der Waals surface area contributed by atoms with Crippen molar-refractivity contribution in [2.75, 3.05) is 11.4 Å². The third kappa shape index (κ3) is 3.13. The molecule has 1 N–H and O–H groups in total. The highest BCUT2D eigenvalue weighted by atomic mass is 19.1. The van der Waals surface area contributed by atoms with E-state index in [0.717, 1.165) is 25.7 Å². The van der Waals surface area contributed by atoms with Crippen LogP contribution in [0.5, 0.6) is 0 Å². The minimum Gasteiger partial charge on any atom is -0.353 e. The van der Waals surface area contributed by atoms with Gasteiger partial charge in [-0.3, -0.25) is 9.59 Å². The summed E-state index contributed by atoms with van der Waals surface area (Å²) in [6.45, 7) is 0.507. The van der Waals surface area contributed by atoms with Gasteiger partial charge in [-0.25, -0.2) is 4.39 Å². The van der Waals surface area contributed by atoms with Crippen molar-refractivity contribution >= 4 is 17.5 Å². The number of benzene rings is 1. The van der Waals surface area contributed by atoms with Crippen molar-refractivity contribution in [3.05, 3.63) is 30.1 Å². The Morgan fingerprint density at radius 2 is 1.77 bits per heavy atom. The molecule has 1 aromatic rings. The molecule has 0 bridgehead atoms. The zero-order valence-electron chi connectivity index (χ0n) is 12.6. The van der Waals surface area contributed by atoms with Gasteiger partial charge in [0.2, 0.25) is 11.8 Å². The number of hydrogen-bond donors (Lipinski definition) is 1. The maximum atomic E-state index is 13.0. The van der Waals surface area contributed by atoms with Gasteiger partial charge >= 0.3 is 0 Å². The van der Waals surface area contributed by atoms with Crippen molar-refractivity contribution in [1.82, 2.24) is 5.32 Å². The Kier molecular flexibility index (Phi) is 4.41. The van der Waals surface area contributed by atoms with E-state index in [1.807, 2.05) is 0 Å². The van der Waals surface area contributed by atoms with Gasteiger partial charge in [0.05, 0.1) is 0 Å². The molecule has 5 heteroatoms. The Bertz CT molecular complexity index is 552. The van der Waals surface area contributed by atoms with Gasteiger partial charge in [-0.2, -0.15) is 0 Å². The molecule has 1 saturated carbocycles. The summed E-state index contributed by atoms with van der Waals surface area (Å²) in [6, 6.07) is 6.04. The van der Waals surface area contributed by atoms with E-state index in [-0.39, 0.29) is 23.7 Å². The summed E-state index contributed by atoms with van der Waals surface area (Å²) in [5.41, 5.74) is 0.652. The zero-order valence-corrected chi connectivity index (χ0v) is 12.6. The highest BCUT2D eigenvalue weighted by Crippen LogP contribution is 2.26. The van der Waals surface area contributed by atoms with Crippen molar-refractivity contribution < 1.29 is 14.0 Å². The topological polar surface area (TPSA) is 49.4 Å². The second kappa shape index (κ2) is 6.46. The summed E-state index contributed by atoms with van der Waals surface area (Å²) < 4.78 is 13.0. The molecule has 1 aromatic carbocycles. The number of amides is 2. The molecule has 2 fully saturated rings. The Morgan fingerprint density at radius 3 is 2.45 bits per heavy atom. The normalized spacial score (nSPS) is 22.9. The lowest BCUT2D eigenvalue weighted by Gasteiger charge is -2.24. The molecule has 1 aliphatic heterocycles. The zero-order chi connectivity index (χ0) is 15.5. The van der Waals surface area contributed by atoms with Gasteiger partial charge < -0.3 is 10.2 Å². The molecule has 0 unspecified atom stereocenters. The van der Waals surface area contributed by atoms with Gasteiger partial charge in [-0.05, 0) is 43.5 Å². The molecular formula is C17H21FN2O2. The van der Waals surface area contributed by atoms with E-state index < -0.39 is 5.92 Å². The molecule has 1 saturated heterocycles. The molecule has 0 aromatic heterocycles. The van der Waals surface area contributed by atoms with Crippen LogP contribution in [0, 0.1) is 11.7 Å². The minimum absolute atomic E-state index is 0.151. The van der Waals surface area contributed by atoms with Gasteiger partial charge in [-0.1, -0.05) is 19.3 Å². The van der Waals surface area contributed by atoms with E-state index in [1.54, 1.807) is 17.0 Å². The molecule has 1 heterocycles. The third-order valence-electron chi connectivity index (χ3n) is 4.61. The molecule has 1 aliphatic carbocycles. The lowest BCUT2D eigenvalue weighted by Crippen LogP contribution is -2.42. The number of nitrogens with zero attached hydrogens (tertiary/aromatic N) is 1. The summed E-state index contributed by atoms with van der Waals surface area (Å²) in [7, 11) is 0. The molecule has 2 aliphatic rings. The maximum absolute atomic E-state index is 13.0. The first kappa shape index (κ1) is 15.0. The van der Waals surface area contributed by atoms with Crippen LogP contribution in [0.4, 0.5) is 10.1 Å². The molecule has 4 nitrogen and oxygen atoms in total. The molecule has 0 spiro atoms. The summed E-state index contributed by atoms with van der Waals surface area (Å²) in [5, 5.41) is 3.03. The fraction of sp³-hybridized carbons (Fsp3) is 0.529. The van der Waals surface area contributed by atoms with Crippen molar-refractivity contribution in [3.63, 3.8) is 0 Å². The van der Waals surface area contributed by atoms with E-state index in [4.69, 9.17) is 0 Å². The number of hydrogen-bond acceptors (Lipinski definition) is 2. The van der Waals surface area contributed by atoms with Crippen LogP contribution in [0.2, 0.25) is 0 Å². The van der Waals surface area contributed by atoms with Gasteiger partial charge in [0, 0.05) is 18.3 Å². The van der Waals surface area contributed by atoms with Gasteiger partial charge in [0.25, 0.3) is 0 Å². The summed E-state index contributed by atoms with van der Waals surface area (Å²) in [5.74, 6) is -1.27. The first-order valence-electron chi connectivity index (χ1n) is 8.02. The van der Waals surface area contributed by atoms with Crippen molar-refractivity contribution in [2.45, 2.75) is 44.6 Å². The predicted octanol–water partition coefficient (Wildman–Crippen LogP) is 2.63. The molecule has 0 radical (unpaired) electrons. The van der Waals surface area contributed by atoms with E-state index >= 15 is 0 Å². The van der Waals surface area contributed by atoms with Crippen LogP contribution in [0.25, 0.3) is 0 Å². The lowest BCUT2D eigenvalue weighted by molar-refractivity contribution is -0.132. The largest absolute Gasteiger partial charge is 0.353 e. The molecule has 118 valence electrons. The van der Waals surface area contributed by atoms with Crippen LogP contribution in [-0.2, 0) is 9.59 Å². The number of carbonyl (C=O) groups excluding carboxylic acids is 2. The van der Waals surface area contributed by atoms with Crippen LogP contribution in [-0.4, -0.2) is 24.4 Å². The quantitative estimate of drug-likeness (QED) is 0.873. The van der Waals surface area contributed by atoms with E-state index in [0.29, 0.717) is 18.7 Å². The molecule has 22 heavy (non-hydrogen) atoms. The molecular weight excluding hydrogens is 283 g/mol. The molecule has 1 atom stereocenters. The Balaban J connectivity index is 1.62. The fourth-order valence-corrected chi connectivity index (χ4v) is 3.35. The monoisotopic (exact) mass is 304 g/mol. The first-order valence-corrected chi connectivity index (χ1v) is 8.02. The third-order valence-corrected chi connectivity index (χ3v) is 4.61. The van der Waals surface area contributed by atoms with Crippen molar-refractivity contribution in [1.29, 1.82) is 0 Å². The predicted molar refractivity (Wildman–Crippen MR) is 81.9 cm³/mol. The lowest BCUT2D eigenvalue weighted by atomic mass is 9.94. The summed E-state index contributed by atoms with van der Waals surface area (Å²) in [6.07, 6.45) is 6.06. The number of halogens is 1. The van der Waals surface area contributed by atoms with E-state index in [2.05, 4.69) is 5.32 Å². The van der Waals surface area contributed by atoms with Gasteiger partial charge in [0.15, 0.2) is 0 Å². The van der Waals surface area contributed by atoms with Crippen LogP contribution in [0.3, 0.4) is 0 Å². The second-order valence-electron chi connectivity index (χ2n) is 6.15. The number of anilines is 1. The van der Waals surface area contributed by atoms with Gasteiger partial charge in [-0.15, -0.1) is 0 Å². The SMILES string of the molecule is O=C(NC1CCCCC1)[C@@H]1CCN(c2ccc(F)cc2)C1=O. The Morgan fingerprint density at radius 1 is 1.09 bits per heavy atom. The maximum Gasteiger partial charge on any atom is 0.239 e. The first-order chi connectivity index (χ1) is 10.6. The molecule has 3 rings (SSSR count). The fourth-order valence-electron chi connectivity index (χ4n) is 3.35. The highest BCUT2D eigenvalue weighted by Gasteiger charge is 2.38. The number of nitrogens with one attached hydrogen (secondary N) is 1. The second-order valence-corrected chi connectivity index (χ2v) is 6.15. The average molecular weight is 304 g/mol. The van der Waals surface area contributed by atoms with Gasteiger partial charge in [0.1, 0.15) is 11.7 Å². The Hall–Kier alpha value is -1.91. The summed E-state index contributed by atoms with van der Waals surface area (Å²) in [4.78, 5) is 26.4. The highest BCUT2D eigenvalue weighted by molar-refractivity contribution is 6.09. The van der Waals surface area contributed by atoms with Crippen LogP contribution in [0.15, 0.2) is 24.3 Å². The average Bonchev–Trinajstić information content (AvgIpc) is 2.91. The van der Waals surface area contributed by atoms with Crippen molar-refractivity contribution in [2.24, 2.45) is 5.92 Å². The smallest absolute Gasteiger partial charge is 0.239 e. The number of rotatable bonds is 3. The standard InChI is InChI=1S/C17H21FN2O2/c18-12-6-8-14(9-7-12)20-11-10-15(17(20)22)16(21)19-13-4-2-1-3-5-13/h6-9,13,15H,1-5,10-11H2,(H,19,21)/t15-/m0/s1. The van der Waals surface area contributed by atoms with E-state index in [1.165, 1.54) is 18.6 Å².